The second-order valence-corrected chi connectivity index (χ2v) is 5.14. The normalized spacial score (nSPS) is 28.9. The average Bonchev–Trinajstić information content (AvgIpc) is 2.39. The highest BCUT2D eigenvalue weighted by molar-refractivity contribution is 5.33. The van der Waals surface area contributed by atoms with Crippen molar-refractivity contribution < 1.29 is 5.11 Å². The first-order chi connectivity index (χ1) is 8.22. The Morgan fingerprint density at radius 1 is 1.41 bits per heavy atom. The molecule has 94 valence electrons. The molecule has 0 aliphatic heterocycles. The second-order valence-electron chi connectivity index (χ2n) is 5.14. The number of hydrogen-bond donors (Lipinski definition) is 2. The molecule has 1 aliphatic rings. The molecule has 0 aromatic carbocycles. The van der Waals surface area contributed by atoms with Crippen LogP contribution in [0.25, 0.3) is 0 Å². The van der Waals surface area contributed by atoms with E-state index in [0.717, 1.165) is 37.4 Å². The first-order valence-electron chi connectivity index (χ1n) is 6.59. The van der Waals surface area contributed by atoms with Crippen LogP contribution in [0.3, 0.4) is 0 Å². The first kappa shape index (κ1) is 12.4. The molecule has 1 heterocycles. The fraction of sp³-hybridized carbons (Fsp3) is 0.643. The van der Waals surface area contributed by atoms with Crippen molar-refractivity contribution in [3.8, 4) is 0 Å². The van der Waals surface area contributed by atoms with Crippen LogP contribution in [-0.2, 0) is 0 Å². The minimum Gasteiger partial charge on any atom is -0.388 e. The van der Waals surface area contributed by atoms with Crippen molar-refractivity contribution in [2.45, 2.75) is 44.6 Å². The predicted octanol–water partition coefficient (Wildman–Crippen LogP) is 2.82. The largest absolute Gasteiger partial charge is 0.388 e. The lowest BCUT2D eigenvalue weighted by Crippen LogP contribution is -2.40. The van der Waals surface area contributed by atoms with Crippen molar-refractivity contribution >= 4 is 5.82 Å². The lowest BCUT2D eigenvalue weighted by Gasteiger charge is -2.36. The zero-order chi connectivity index (χ0) is 12.1. The summed E-state index contributed by atoms with van der Waals surface area (Å²) in [6.45, 7) is 2.85. The highest BCUT2D eigenvalue weighted by Crippen LogP contribution is 2.33. The smallest absolute Gasteiger partial charge is 0.125 e. The molecular formula is C14H22N2O. The Kier molecular flexibility index (Phi) is 4.00. The lowest BCUT2D eigenvalue weighted by molar-refractivity contribution is 0.00223. The molecule has 2 rings (SSSR count). The number of pyridine rings is 1. The van der Waals surface area contributed by atoms with Crippen molar-refractivity contribution in [3.63, 3.8) is 0 Å². The van der Waals surface area contributed by atoms with Gasteiger partial charge in [0.15, 0.2) is 0 Å². The first-order valence-corrected chi connectivity index (χ1v) is 6.59. The van der Waals surface area contributed by atoms with Crippen LogP contribution in [0.1, 0.15) is 39.0 Å². The molecule has 0 radical (unpaired) electrons. The molecule has 17 heavy (non-hydrogen) atoms. The summed E-state index contributed by atoms with van der Waals surface area (Å²) in [6.07, 6.45) is 7.12. The second kappa shape index (κ2) is 5.50. The van der Waals surface area contributed by atoms with Gasteiger partial charge in [-0.15, -0.1) is 0 Å². The Morgan fingerprint density at radius 2 is 2.18 bits per heavy atom. The molecule has 0 atom stereocenters. The van der Waals surface area contributed by atoms with Gasteiger partial charge in [-0.3, -0.25) is 0 Å². The molecule has 0 saturated heterocycles. The van der Waals surface area contributed by atoms with Gasteiger partial charge in [-0.1, -0.05) is 19.4 Å². The molecule has 0 amide bonds. The van der Waals surface area contributed by atoms with E-state index in [9.17, 15) is 5.11 Å². The summed E-state index contributed by atoms with van der Waals surface area (Å²) in [5.74, 6) is 1.66. The zero-order valence-corrected chi connectivity index (χ0v) is 10.5. The van der Waals surface area contributed by atoms with E-state index in [2.05, 4.69) is 17.2 Å². The van der Waals surface area contributed by atoms with Crippen molar-refractivity contribution in [2.75, 3.05) is 11.9 Å². The number of aromatic nitrogens is 1. The third-order valence-electron chi connectivity index (χ3n) is 3.88. The third-order valence-corrected chi connectivity index (χ3v) is 3.88. The number of rotatable bonds is 4. The molecule has 1 saturated carbocycles. The Morgan fingerprint density at radius 3 is 2.76 bits per heavy atom. The molecule has 3 nitrogen and oxygen atoms in total. The summed E-state index contributed by atoms with van der Waals surface area (Å²) in [6, 6.07) is 5.78. The van der Waals surface area contributed by atoms with Gasteiger partial charge in [-0.25, -0.2) is 4.98 Å². The van der Waals surface area contributed by atoms with Gasteiger partial charge < -0.3 is 10.4 Å². The Bertz CT molecular complexity index is 331. The maximum absolute atomic E-state index is 10.5. The van der Waals surface area contributed by atoms with Crippen molar-refractivity contribution in [3.05, 3.63) is 24.4 Å². The van der Waals surface area contributed by atoms with Crippen LogP contribution in [0.4, 0.5) is 5.82 Å². The molecule has 2 N–H and O–H groups in total. The molecule has 0 unspecified atom stereocenters. The molecule has 0 spiro atoms. The molecule has 1 aliphatic carbocycles. The summed E-state index contributed by atoms with van der Waals surface area (Å²) < 4.78 is 0. The van der Waals surface area contributed by atoms with Gasteiger partial charge in [0, 0.05) is 12.7 Å². The zero-order valence-electron chi connectivity index (χ0n) is 10.5. The fourth-order valence-corrected chi connectivity index (χ4v) is 2.52. The van der Waals surface area contributed by atoms with Crippen LogP contribution in [0, 0.1) is 5.92 Å². The quantitative estimate of drug-likeness (QED) is 0.842. The van der Waals surface area contributed by atoms with E-state index in [1.54, 1.807) is 6.20 Å². The van der Waals surface area contributed by atoms with E-state index in [4.69, 9.17) is 0 Å². The van der Waals surface area contributed by atoms with Crippen LogP contribution in [0.5, 0.6) is 0 Å². The summed E-state index contributed by atoms with van der Waals surface area (Å²) in [5.41, 5.74) is -0.539. The fourth-order valence-electron chi connectivity index (χ4n) is 2.52. The number of hydrogen-bond acceptors (Lipinski definition) is 3. The lowest BCUT2D eigenvalue weighted by atomic mass is 9.78. The third kappa shape index (κ3) is 3.43. The maximum Gasteiger partial charge on any atom is 0.125 e. The number of nitrogens with zero attached hydrogens (tertiary/aromatic N) is 1. The summed E-state index contributed by atoms with van der Waals surface area (Å²) in [5, 5.41) is 13.7. The van der Waals surface area contributed by atoms with E-state index < -0.39 is 5.60 Å². The Hall–Kier alpha value is -1.09. The van der Waals surface area contributed by atoms with Crippen LogP contribution in [0.15, 0.2) is 24.4 Å². The molecule has 1 aromatic heterocycles. The maximum atomic E-state index is 10.5. The van der Waals surface area contributed by atoms with Crippen molar-refractivity contribution in [1.82, 2.24) is 4.98 Å². The number of nitrogens with one attached hydrogen (secondary N) is 1. The predicted molar refractivity (Wildman–Crippen MR) is 69.9 cm³/mol. The van der Waals surface area contributed by atoms with E-state index >= 15 is 0 Å². The highest BCUT2D eigenvalue weighted by Gasteiger charge is 2.32. The van der Waals surface area contributed by atoms with Gasteiger partial charge in [0.05, 0.1) is 5.60 Å². The van der Waals surface area contributed by atoms with Gasteiger partial charge in [-0.05, 0) is 43.7 Å². The molecule has 1 fully saturated rings. The van der Waals surface area contributed by atoms with E-state index in [1.165, 1.54) is 6.42 Å². The average molecular weight is 234 g/mol. The van der Waals surface area contributed by atoms with E-state index in [0.29, 0.717) is 6.54 Å². The summed E-state index contributed by atoms with van der Waals surface area (Å²) in [7, 11) is 0. The van der Waals surface area contributed by atoms with Crippen LogP contribution < -0.4 is 5.32 Å². The minimum atomic E-state index is -0.539. The Labute approximate surface area is 103 Å². The topological polar surface area (TPSA) is 45.1 Å². The van der Waals surface area contributed by atoms with Gasteiger partial charge in [0.25, 0.3) is 0 Å². The SMILES string of the molecule is CCC1CCC(O)(CNc2ccccn2)CC1. The monoisotopic (exact) mass is 234 g/mol. The van der Waals surface area contributed by atoms with Crippen molar-refractivity contribution in [1.29, 1.82) is 0 Å². The van der Waals surface area contributed by atoms with Gasteiger partial charge >= 0.3 is 0 Å². The van der Waals surface area contributed by atoms with Crippen LogP contribution in [0.2, 0.25) is 0 Å². The number of aliphatic hydroxyl groups is 1. The number of anilines is 1. The van der Waals surface area contributed by atoms with Crippen LogP contribution >= 0.6 is 0 Å². The minimum absolute atomic E-state index is 0.539. The molecule has 3 heteroatoms. The standard InChI is InChI=1S/C14H22N2O/c1-2-12-6-8-14(17,9-7-12)11-16-13-5-3-4-10-15-13/h3-5,10,12,17H,2,6-9,11H2,1H3,(H,15,16). The van der Waals surface area contributed by atoms with E-state index in [1.807, 2.05) is 18.2 Å². The molecule has 1 aromatic rings. The van der Waals surface area contributed by atoms with Crippen LogP contribution in [-0.4, -0.2) is 22.2 Å². The summed E-state index contributed by atoms with van der Waals surface area (Å²) >= 11 is 0. The van der Waals surface area contributed by atoms with Gasteiger partial charge in [0.2, 0.25) is 0 Å². The highest BCUT2D eigenvalue weighted by atomic mass is 16.3. The molecular weight excluding hydrogens is 212 g/mol. The van der Waals surface area contributed by atoms with E-state index in [-0.39, 0.29) is 0 Å². The van der Waals surface area contributed by atoms with Gasteiger partial charge in [0.1, 0.15) is 5.82 Å². The van der Waals surface area contributed by atoms with Crippen molar-refractivity contribution in [2.24, 2.45) is 5.92 Å². The Balaban J connectivity index is 1.83. The van der Waals surface area contributed by atoms with Gasteiger partial charge in [-0.2, -0.15) is 0 Å². The summed E-state index contributed by atoms with van der Waals surface area (Å²) in [4.78, 5) is 4.20. The molecule has 0 bridgehead atoms.